The number of benzene rings is 1. The molecule has 0 aliphatic carbocycles. The van der Waals surface area contributed by atoms with Crippen LogP contribution in [0.1, 0.15) is 38.8 Å². The monoisotopic (exact) mass is 323 g/mol. The van der Waals surface area contributed by atoms with Crippen LogP contribution in [0.5, 0.6) is 0 Å². The quantitative estimate of drug-likeness (QED) is 0.835. The van der Waals surface area contributed by atoms with Crippen LogP contribution in [0, 0.1) is 18.3 Å². The highest BCUT2D eigenvalue weighted by Crippen LogP contribution is 2.18. The first kappa shape index (κ1) is 18.6. The maximum absolute atomic E-state index is 12.4. The third kappa shape index (κ3) is 4.54. The smallest absolute Gasteiger partial charge is 0.241 e. The molecule has 22 heavy (non-hydrogen) atoms. The van der Waals surface area contributed by atoms with Gasteiger partial charge in [-0.3, -0.25) is 4.90 Å². The van der Waals surface area contributed by atoms with Crippen LogP contribution < -0.4 is 4.72 Å². The molecule has 0 spiro atoms. The Morgan fingerprint density at radius 2 is 1.82 bits per heavy atom. The lowest BCUT2D eigenvalue weighted by Gasteiger charge is -2.30. The highest BCUT2D eigenvalue weighted by atomic mass is 32.2. The normalized spacial score (nSPS) is 12.1. The average molecular weight is 323 g/mol. The molecule has 0 aliphatic rings. The zero-order valence-electron chi connectivity index (χ0n) is 13.9. The van der Waals surface area contributed by atoms with Gasteiger partial charge >= 0.3 is 0 Å². The molecule has 5 nitrogen and oxygen atoms in total. The fourth-order valence-electron chi connectivity index (χ4n) is 2.51. The van der Waals surface area contributed by atoms with E-state index in [9.17, 15) is 13.7 Å². The molecule has 1 aromatic rings. The number of nitrogens with one attached hydrogen (secondary N) is 1. The predicted molar refractivity (Wildman–Crippen MR) is 88.1 cm³/mol. The molecule has 0 radical (unpaired) electrons. The third-order valence-corrected chi connectivity index (χ3v) is 5.13. The average Bonchev–Trinajstić information content (AvgIpc) is 2.42. The summed E-state index contributed by atoms with van der Waals surface area (Å²) >= 11 is 0. The molecule has 0 aromatic heterocycles. The van der Waals surface area contributed by atoms with E-state index < -0.39 is 10.0 Å². The highest BCUT2D eigenvalue weighted by Gasteiger charge is 2.20. The molecular weight excluding hydrogens is 298 g/mol. The van der Waals surface area contributed by atoms with Crippen molar-refractivity contribution in [3.8, 4) is 6.07 Å². The van der Waals surface area contributed by atoms with Crippen LogP contribution in [0.2, 0.25) is 0 Å². The Hall–Kier alpha value is -1.42. The van der Waals surface area contributed by atoms with Crippen LogP contribution in [0.25, 0.3) is 0 Å². The maximum atomic E-state index is 12.4. The van der Waals surface area contributed by atoms with Crippen molar-refractivity contribution in [2.24, 2.45) is 0 Å². The number of nitrogens with zero attached hydrogens (tertiary/aromatic N) is 2. The van der Waals surface area contributed by atoms with Crippen LogP contribution in [0.4, 0.5) is 0 Å². The van der Waals surface area contributed by atoms with Gasteiger partial charge in [-0.15, -0.1) is 0 Å². The number of hydrogen-bond acceptors (Lipinski definition) is 4. The molecule has 6 heteroatoms. The van der Waals surface area contributed by atoms with E-state index >= 15 is 0 Å². The molecule has 0 unspecified atom stereocenters. The second-order valence-corrected chi connectivity index (χ2v) is 7.62. The summed E-state index contributed by atoms with van der Waals surface area (Å²) in [6.45, 7) is 11.0. The van der Waals surface area contributed by atoms with Gasteiger partial charge in [0.25, 0.3) is 0 Å². The Morgan fingerprint density at radius 3 is 2.32 bits per heavy atom. The molecular formula is C16H25N3O2S. The first-order valence-corrected chi connectivity index (χ1v) is 8.94. The second-order valence-electron chi connectivity index (χ2n) is 5.88. The topological polar surface area (TPSA) is 73.2 Å². The number of nitriles is 1. The molecule has 0 bridgehead atoms. The summed E-state index contributed by atoms with van der Waals surface area (Å²) in [4.78, 5) is 2.26. The molecule has 1 rings (SSSR count). The van der Waals surface area contributed by atoms with Gasteiger partial charge in [-0.1, -0.05) is 12.1 Å². The number of aryl methyl sites for hydroxylation is 1. The van der Waals surface area contributed by atoms with Crippen LogP contribution in [-0.2, 0) is 10.0 Å². The summed E-state index contributed by atoms with van der Waals surface area (Å²) in [7, 11) is -3.67. The van der Waals surface area contributed by atoms with Gasteiger partial charge in [-0.05, 0) is 46.2 Å². The fourth-order valence-corrected chi connectivity index (χ4v) is 3.76. The summed E-state index contributed by atoms with van der Waals surface area (Å²) in [5, 5.41) is 9.17. The minimum absolute atomic E-state index is 0.0515. The highest BCUT2D eigenvalue weighted by molar-refractivity contribution is 7.89. The lowest BCUT2D eigenvalue weighted by atomic mass is 10.1. The van der Waals surface area contributed by atoms with Gasteiger partial charge < -0.3 is 0 Å². The van der Waals surface area contributed by atoms with Gasteiger partial charge in [0, 0.05) is 25.2 Å². The largest absolute Gasteiger partial charge is 0.297 e. The van der Waals surface area contributed by atoms with Crippen LogP contribution in [0.3, 0.4) is 0 Å². The van der Waals surface area contributed by atoms with Gasteiger partial charge in [0.1, 0.15) is 6.07 Å². The number of sulfonamides is 1. The van der Waals surface area contributed by atoms with E-state index in [0.29, 0.717) is 30.7 Å². The number of hydrogen-bond donors (Lipinski definition) is 1. The zero-order chi connectivity index (χ0) is 16.9. The standard InChI is InChI=1S/C16H25N3O2S/c1-12(2)19(13(3)4)10-9-18-22(20,21)16-8-6-7-14(5)15(16)11-17/h6-8,12-13,18H,9-10H2,1-5H3. The van der Waals surface area contributed by atoms with Gasteiger partial charge in [0.2, 0.25) is 10.0 Å². The Bertz CT molecular complexity index is 638. The Morgan fingerprint density at radius 1 is 1.23 bits per heavy atom. The van der Waals surface area contributed by atoms with E-state index in [1.165, 1.54) is 6.07 Å². The van der Waals surface area contributed by atoms with E-state index in [1.807, 2.05) is 6.07 Å². The van der Waals surface area contributed by atoms with E-state index in [4.69, 9.17) is 0 Å². The maximum Gasteiger partial charge on any atom is 0.241 e. The zero-order valence-corrected chi connectivity index (χ0v) is 14.7. The Balaban J connectivity index is 2.86. The molecule has 122 valence electrons. The fraction of sp³-hybridized carbons (Fsp3) is 0.562. The van der Waals surface area contributed by atoms with E-state index in [2.05, 4.69) is 37.3 Å². The van der Waals surface area contributed by atoms with Crippen molar-refractivity contribution >= 4 is 10.0 Å². The molecule has 0 amide bonds. The van der Waals surface area contributed by atoms with Gasteiger partial charge in [0.15, 0.2) is 0 Å². The second kappa shape index (κ2) is 7.73. The molecule has 0 saturated heterocycles. The molecule has 0 fully saturated rings. The molecule has 0 heterocycles. The molecule has 1 N–H and O–H groups in total. The first-order valence-electron chi connectivity index (χ1n) is 7.45. The Kier molecular flexibility index (Phi) is 6.54. The minimum atomic E-state index is -3.67. The molecule has 0 aliphatic heterocycles. The van der Waals surface area contributed by atoms with Crippen molar-refractivity contribution in [1.29, 1.82) is 5.26 Å². The van der Waals surface area contributed by atoms with Crippen LogP contribution in [0.15, 0.2) is 23.1 Å². The van der Waals surface area contributed by atoms with Crippen molar-refractivity contribution in [3.63, 3.8) is 0 Å². The lowest BCUT2D eigenvalue weighted by Crippen LogP contribution is -2.42. The Labute approximate surface area is 134 Å². The summed E-state index contributed by atoms with van der Waals surface area (Å²) in [6.07, 6.45) is 0. The first-order chi connectivity index (χ1) is 10.2. The van der Waals surface area contributed by atoms with Crippen molar-refractivity contribution < 1.29 is 8.42 Å². The minimum Gasteiger partial charge on any atom is -0.297 e. The van der Waals surface area contributed by atoms with Crippen molar-refractivity contribution in [2.45, 2.75) is 51.6 Å². The van der Waals surface area contributed by atoms with Crippen LogP contribution in [-0.4, -0.2) is 38.5 Å². The SMILES string of the molecule is Cc1cccc(S(=O)(=O)NCCN(C(C)C)C(C)C)c1C#N. The van der Waals surface area contributed by atoms with E-state index in [-0.39, 0.29) is 10.5 Å². The molecule has 0 atom stereocenters. The lowest BCUT2D eigenvalue weighted by molar-refractivity contribution is 0.179. The third-order valence-electron chi connectivity index (χ3n) is 3.62. The predicted octanol–water partition coefficient (Wildman–Crippen LogP) is 2.26. The molecule has 0 saturated carbocycles. The van der Waals surface area contributed by atoms with Gasteiger partial charge in [0.05, 0.1) is 10.5 Å². The van der Waals surface area contributed by atoms with Crippen molar-refractivity contribution in [3.05, 3.63) is 29.3 Å². The summed E-state index contributed by atoms with van der Waals surface area (Å²) < 4.78 is 27.4. The van der Waals surface area contributed by atoms with E-state index in [1.54, 1.807) is 19.1 Å². The number of rotatable bonds is 7. The summed E-state index contributed by atoms with van der Waals surface area (Å²) in [6, 6.07) is 7.52. The molecule has 1 aromatic carbocycles. The van der Waals surface area contributed by atoms with Gasteiger partial charge in [-0.2, -0.15) is 5.26 Å². The van der Waals surface area contributed by atoms with Gasteiger partial charge in [-0.25, -0.2) is 13.1 Å². The van der Waals surface area contributed by atoms with E-state index in [0.717, 1.165) is 0 Å². The van der Waals surface area contributed by atoms with Crippen molar-refractivity contribution in [2.75, 3.05) is 13.1 Å². The summed E-state index contributed by atoms with van der Waals surface area (Å²) in [5.41, 5.74) is 0.871. The van der Waals surface area contributed by atoms with Crippen LogP contribution >= 0.6 is 0 Å². The van der Waals surface area contributed by atoms with Crippen molar-refractivity contribution in [1.82, 2.24) is 9.62 Å². The summed E-state index contributed by atoms with van der Waals surface area (Å²) in [5.74, 6) is 0.